The van der Waals surface area contributed by atoms with E-state index in [1.807, 2.05) is 19.4 Å². The van der Waals surface area contributed by atoms with Gasteiger partial charge in [0.2, 0.25) is 0 Å². The molecule has 1 amide bonds. The standard InChI is InChI=1S/C14H14N6O3S/c1-8-9(5-15-19(8)2)11-7-24-14(16-11)17-13(23)10-3-4-20(18-10)6-12(21)22/h3-5,7H,6H2,1-2H3,(H,21,22)(H,16,17,23). The molecule has 9 nitrogen and oxygen atoms in total. The van der Waals surface area contributed by atoms with E-state index in [4.69, 9.17) is 5.11 Å². The Balaban J connectivity index is 1.72. The maximum absolute atomic E-state index is 12.1. The van der Waals surface area contributed by atoms with Gasteiger partial charge in [-0.2, -0.15) is 10.2 Å². The smallest absolute Gasteiger partial charge is 0.325 e. The molecule has 10 heteroatoms. The number of nitrogens with one attached hydrogen (secondary N) is 1. The highest BCUT2D eigenvalue weighted by atomic mass is 32.1. The quantitative estimate of drug-likeness (QED) is 0.721. The van der Waals surface area contributed by atoms with Crippen molar-refractivity contribution in [2.75, 3.05) is 5.32 Å². The van der Waals surface area contributed by atoms with Crippen LogP contribution in [0.1, 0.15) is 16.2 Å². The van der Waals surface area contributed by atoms with E-state index in [0.717, 1.165) is 17.0 Å². The Morgan fingerprint density at radius 2 is 2.21 bits per heavy atom. The summed E-state index contributed by atoms with van der Waals surface area (Å²) in [5.74, 6) is -1.47. The Hall–Kier alpha value is -3.01. The Morgan fingerprint density at radius 3 is 2.88 bits per heavy atom. The average molecular weight is 346 g/mol. The average Bonchev–Trinajstić information content (AvgIpc) is 3.22. The number of rotatable bonds is 5. The highest BCUT2D eigenvalue weighted by molar-refractivity contribution is 7.14. The van der Waals surface area contributed by atoms with Crippen LogP contribution in [0.3, 0.4) is 0 Å². The van der Waals surface area contributed by atoms with Crippen LogP contribution in [0.2, 0.25) is 0 Å². The van der Waals surface area contributed by atoms with Crippen LogP contribution in [-0.2, 0) is 18.4 Å². The van der Waals surface area contributed by atoms with Crippen LogP contribution in [0.4, 0.5) is 5.13 Å². The second-order valence-corrected chi connectivity index (χ2v) is 5.91. The molecule has 0 fully saturated rings. The van der Waals surface area contributed by atoms with E-state index < -0.39 is 11.9 Å². The third kappa shape index (κ3) is 3.18. The Morgan fingerprint density at radius 1 is 1.42 bits per heavy atom. The number of nitrogens with zero attached hydrogens (tertiary/aromatic N) is 5. The van der Waals surface area contributed by atoms with Gasteiger partial charge in [0.25, 0.3) is 5.91 Å². The van der Waals surface area contributed by atoms with Crippen LogP contribution in [0.5, 0.6) is 0 Å². The largest absolute Gasteiger partial charge is 0.480 e. The zero-order valence-electron chi connectivity index (χ0n) is 12.9. The molecule has 0 radical (unpaired) electrons. The summed E-state index contributed by atoms with van der Waals surface area (Å²) in [4.78, 5) is 27.2. The van der Waals surface area contributed by atoms with E-state index in [1.165, 1.54) is 28.3 Å². The van der Waals surface area contributed by atoms with E-state index in [-0.39, 0.29) is 12.2 Å². The van der Waals surface area contributed by atoms with E-state index in [1.54, 1.807) is 10.9 Å². The van der Waals surface area contributed by atoms with Gasteiger partial charge in [-0.25, -0.2) is 4.98 Å². The first-order chi connectivity index (χ1) is 11.4. The number of carbonyl (C=O) groups is 2. The van der Waals surface area contributed by atoms with Crippen LogP contribution in [0.25, 0.3) is 11.3 Å². The first-order valence-corrected chi connectivity index (χ1v) is 7.83. The number of carbonyl (C=O) groups excluding carboxylic acids is 1. The molecule has 0 saturated heterocycles. The SMILES string of the molecule is Cc1c(-c2csc(NC(=O)c3ccn(CC(=O)O)n3)n2)cnn1C. The van der Waals surface area contributed by atoms with Crippen molar-refractivity contribution in [1.82, 2.24) is 24.5 Å². The molecular weight excluding hydrogens is 332 g/mol. The molecule has 2 N–H and O–H groups in total. The fourth-order valence-corrected chi connectivity index (χ4v) is 2.78. The van der Waals surface area contributed by atoms with Crippen molar-refractivity contribution >= 4 is 28.3 Å². The number of carboxylic acid groups (broad SMARTS) is 1. The van der Waals surface area contributed by atoms with Gasteiger partial charge in [-0.1, -0.05) is 0 Å². The predicted molar refractivity (Wildman–Crippen MR) is 86.9 cm³/mol. The fourth-order valence-electron chi connectivity index (χ4n) is 2.08. The maximum Gasteiger partial charge on any atom is 0.325 e. The molecular formula is C14H14N6O3S. The number of carboxylic acids is 1. The van der Waals surface area contributed by atoms with Crippen molar-refractivity contribution < 1.29 is 14.7 Å². The molecule has 0 aliphatic heterocycles. The lowest BCUT2D eigenvalue weighted by atomic mass is 10.2. The minimum atomic E-state index is -1.03. The molecule has 0 atom stereocenters. The summed E-state index contributed by atoms with van der Waals surface area (Å²) in [7, 11) is 1.85. The van der Waals surface area contributed by atoms with Gasteiger partial charge in [0, 0.05) is 29.9 Å². The lowest BCUT2D eigenvalue weighted by molar-refractivity contribution is -0.137. The summed E-state index contributed by atoms with van der Waals surface area (Å²) in [5.41, 5.74) is 2.74. The van der Waals surface area contributed by atoms with Crippen molar-refractivity contribution in [3.8, 4) is 11.3 Å². The molecule has 124 valence electrons. The van der Waals surface area contributed by atoms with Gasteiger partial charge in [-0.15, -0.1) is 11.3 Å². The van der Waals surface area contributed by atoms with Crippen molar-refractivity contribution in [3.63, 3.8) is 0 Å². The molecule has 0 unspecified atom stereocenters. The third-order valence-electron chi connectivity index (χ3n) is 3.41. The molecule has 0 spiro atoms. The highest BCUT2D eigenvalue weighted by Crippen LogP contribution is 2.27. The van der Waals surface area contributed by atoms with Crippen molar-refractivity contribution in [3.05, 3.63) is 35.2 Å². The number of thiazole rings is 1. The van der Waals surface area contributed by atoms with Crippen LogP contribution in [0.15, 0.2) is 23.8 Å². The van der Waals surface area contributed by atoms with Crippen molar-refractivity contribution in [2.45, 2.75) is 13.5 Å². The number of hydrogen-bond donors (Lipinski definition) is 2. The van der Waals surface area contributed by atoms with Crippen LogP contribution in [-0.4, -0.2) is 41.5 Å². The van der Waals surface area contributed by atoms with Crippen LogP contribution < -0.4 is 5.32 Å². The molecule has 0 aliphatic carbocycles. The minimum absolute atomic E-state index is 0.130. The Bertz CT molecular complexity index is 909. The minimum Gasteiger partial charge on any atom is -0.480 e. The summed E-state index contributed by atoms with van der Waals surface area (Å²) in [6, 6.07) is 1.46. The molecule has 0 aromatic carbocycles. The van der Waals surface area contributed by atoms with Crippen LogP contribution >= 0.6 is 11.3 Å². The second-order valence-electron chi connectivity index (χ2n) is 5.05. The molecule has 3 aromatic heterocycles. The van der Waals surface area contributed by atoms with Gasteiger partial charge in [0.05, 0.1) is 11.9 Å². The van der Waals surface area contributed by atoms with Crippen LogP contribution in [0, 0.1) is 6.92 Å². The number of aliphatic carboxylic acids is 1. The number of anilines is 1. The van der Waals surface area contributed by atoms with Gasteiger partial charge >= 0.3 is 5.97 Å². The van der Waals surface area contributed by atoms with Gasteiger partial charge in [-0.3, -0.25) is 24.3 Å². The van der Waals surface area contributed by atoms with E-state index >= 15 is 0 Å². The lowest BCUT2D eigenvalue weighted by Crippen LogP contribution is -2.14. The predicted octanol–water partition coefficient (Wildman–Crippen LogP) is 1.39. The first kappa shape index (κ1) is 15.9. The fraction of sp³-hybridized carbons (Fsp3) is 0.214. The van der Waals surface area contributed by atoms with Gasteiger partial charge in [0.15, 0.2) is 10.8 Å². The number of amides is 1. The molecule has 0 aliphatic rings. The molecule has 0 saturated carbocycles. The molecule has 3 rings (SSSR count). The topological polar surface area (TPSA) is 115 Å². The number of hydrogen-bond acceptors (Lipinski definition) is 6. The third-order valence-corrected chi connectivity index (χ3v) is 4.16. The van der Waals surface area contributed by atoms with E-state index in [9.17, 15) is 9.59 Å². The van der Waals surface area contributed by atoms with Crippen molar-refractivity contribution in [2.24, 2.45) is 7.05 Å². The summed E-state index contributed by atoms with van der Waals surface area (Å²) in [6.07, 6.45) is 3.17. The molecule has 24 heavy (non-hydrogen) atoms. The summed E-state index contributed by atoms with van der Waals surface area (Å²) in [6.45, 7) is 1.64. The highest BCUT2D eigenvalue weighted by Gasteiger charge is 2.15. The molecule has 0 bridgehead atoms. The lowest BCUT2D eigenvalue weighted by Gasteiger charge is -1.99. The monoisotopic (exact) mass is 346 g/mol. The molecule has 3 aromatic rings. The summed E-state index contributed by atoms with van der Waals surface area (Å²) < 4.78 is 2.94. The number of aromatic nitrogens is 5. The first-order valence-electron chi connectivity index (χ1n) is 6.95. The zero-order valence-corrected chi connectivity index (χ0v) is 13.7. The maximum atomic E-state index is 12.1. The second kappa shape index (κ2) is 6.24. The summed E-state index contributed by atoms with van der Waals surface area (Å²) >= 11 is 1.29. The normalized spacial score (nSPS) is 10.8. The zero-order chi connectivity index (χ0) is 17.3. The van der Waals surface area contributed by atoms with Crippen molar-refractivity contribution in [1.29, 1.82) is 0 Å². The summed E-state index contributed by atoms with van der Waals surface area (Å²) in [5, 5.41) is 21.7. The Kier molecular flexibility index (Phi) is 4.13. The molecule has 3 heterocycles. The van der Waals surface area contributed by atoms with E-state index in [0.29, 0.717) is 5.13 Å². The Labute approximate surface area is 140 Å². The van der Waals surface area contributed by atoms with Gasteiger partial charge < -0.3 is 5.11 Å². The number of aryl methyl sites for hydroxylation is 1. The van der Waals surface area contributed by atoms with E-state index in [2.05, 4.69) is 20.5 Å². The van der Waals surface area contributed by atoms with Gasteiger partial charge in [0.1, 0.15) is 6.54 Å². The van der Waals surface area contributed by atoms with Gasteiger partial charge in [-0.05, 0) is 13.0 Å².